The van der Waals surface area contributed by atoms with E-state index in [0.717, 1.165) is 11.3 Å². The Balaban J connectivity index is 1.83. The van der Waals surface area contributed by atoms with Crippen LogP contribution in [0.15, 0.2) is 48.7 Å². The summed E-state index contributed by atoms with van der Waals surface area (Å²) in [6, 6.07) is 14.4. The Kier molecular flexibility index (Phi) is 4.74. The third-order valence-corrected chi connectivity index (χ3v) is 4.69. The van der Waals surface area contributed by atoms with E-state index in [2.05, 4.69) is 21.5 Å². The number of benzene rings is 2. The summed E-state index contributed by atoms with van der Waals surface area (Å²) in [6.45, 7) is 0. The first-order valence-corrected chi connectivity index (χ1v) is 8.94. The molecule has 0 aliphatic carbocycles. The predicted octanol–water partition coefficient (Wildman–Crippen LogP) is 3.06. The quantitative estimate of drug-likeness (QED) is 0.454. The third-order valence-electron chi connectivity index (χ3n) is 4.69. The maximum absolute atomic E-state index is 11.4. The zero-order valence-corrected chi connectivity index (χ0v) is 16.3. The van der Waals surface area contributed by atoms with E-state index < -0.39 is 5.91 Å². The number of nitrogens with one attached hydrogen (secondary N) is 2. The zero-order valence-electron chi connectivity index (χ0n) is 16.3. The van der Waals surface area contributed by atoms with Gasteiger partial charge in [0.15, 0.2) is 23.0 Å². The highest BCUT2D eigenvalue weighted by Gasteiger charge is 2.18. The number of primary amides is 1. The highest BCUT2D eigenvalue weighted by molar-refractivity contribution is 5.93. The van der Waals surface area contributed by atoms with Gasteiger partial charge in [0, 0.05) is 22.9 Å². The third kappa shape index (κ3) is 3.16. The number of hydrogen-bond donors (Lipinski definition) is 3. The minimum atomic E-state index is -0.502. The number of fused-ring (bicyclic) bond motifs is 1. The lowest BCUT2D eigenvalue weighted by Crippen LogP contribution is -2.10. The van der Waals surface area contributed by atoms with Crippen molar-refractivity contribution in [3.63, 3.8) is 0 Å². The van der Waals surface area contributed by atoms with Crippen LogP contribution in [0.25, 0.3) is 16.9 Å². The number of anilines is 2. The summed E-state index contributed by atoms with van der Waals surface area (Å²) in [5.41, 5.74) is 8.92. The van der Waals surface area contributed by atoms with Gasteiger partial charge in [-0.15, -0.1) is 0 Å². The van der Waals surface area contributed by atoms with E-state index in [1.165, 1.54) is 6.20 Å². The number of aromatic amines is 1. The van der Waals surface area contributed by atoms with Crippen LogP contribution >= 0.6 is 0 Å². The molecule has 0 saturated heterocycles. The molecule has 0 fully saturated rings. The highest BCUT2D eigenvalue weighted by Crippen LogP contribution is 2.35. The first-order valence-electron chi connectivity index (χ1n) is 8.94. The van der Waals surface area contributed by atoms with Crippen molar-refractivity contribution in [1.82, 2.24) is 14.6 Å². The minimum absolute atomic E-state index is 0.405. The molecule has 4 N–H and O–H groups in total. The van der Waals surface area contributed by atoms with E-state index in [0.29, 0.717) is 39.8 Å². The molecule has 4 rings (SSSR count). The van der Waals surface area contributed by atoms with Gasteiger partial charge in [-0.05, 0) is 24.3 Å². The summed E-state index contributed by atoms with van der Waals surface area (Å²) in [4.78, 5) is 14.6. The Morgan fingerprint density at radius 2 is 1.90 bits per heavy atom. The molecule has 2 heterocycles. The van der Waals surface area contributed by atoms with E-state index in [1.807, 2.05) is 6.07 Å². The van der Waals surface area contributed by atoms with Crippen molar-refractivity contribution >= 4 is 23.1 Å². The Labute approximate surface area is 171 Å². The van der Waals surface area contributed by atoms with Crippen molar-refractivity contribution in [3.05, 3.63) is 59.8 Å². The second kappa shape index (κ2) is 7.52. The number of nitriles is 1. The molecule has 4 aromatic rings. The average Bonchev–Trinajstić information content (AvgIpc) is 3.33. The largest absolute Gasteiger partial charge is 0.493 e. The van der Waals surface area contributed by atoms with Gasteiger partial charge in [-0.25, -0.2) is 0 Å². The van der Waals surface area contributed by atoms with Crippen LogP contribution in [0.4, 0.5) is 11.5 Å². The Morgan fingerprint density at radius 1 is 1.17 bits per heavy atom. The minimum Gasteiger partial charge on any atom is -0.493 e. The summed E-state index contributed by atoms with van der Waals surface area (Å²) in [5, 5.41) is 17.0. The maximum atomic E-state index is 11.4. The molecule has 30 heavy (non-hydrogen) atoms. The molecule has 0 aliphatic heterocycles. The number of methoxy groups -OCH3 is 2. The predicted molar refractivity (Wildman–Crippen MR) is 111 cm³/mol. The van der Waals surface area contributed by atoms with Crippen LogP contribution in [0, 0.1) is 11.3 Å². The van der Waals surface area contributed by atoms with Crippen LogP contribution in [0.1, 0.15) is 15.9 Å². The molecule has 1 amide bonds. The summed E-state index contributed by atoms with van der Waals surface area (Å²) in [7, 11) is 3.14. The Hall–Kier alpha value is -4.45. The SMILES string of the molecule is COc1ccc(Nc2c(-c3ccc(C(N)=O)cc3)[nH]c3c(C#N)cnn23)cc1OC. The number of hydrogen-bond acceptors (Lipinski definition) is 6. The van der Waals surface area contributed by atoms with Crippen LogP contribution in [0.2, 0.25) is 0 Å². The molecular weight excluding hydrogens is 384 g/mol. The van der Waals surface area contributed by atoms with Gasteiger partial charge in [-0.3, -0.25) is 4.79 Å². The molecule has 2 aromatic carbocycles. The lowest BCUT2D eigenvalue weighted by atomic mass is 10.1. The normalized spacial score (nSPS) is 10.6. The van der Waals surface area contributed by atoms with Gasteiger partial charge in [0.25, 0.3) is 0 Å². The van der Waals surface area contributed by atoms with Crippen molar-refractivity contribution in [2.75, 3.05) is 19.5 Å². The van der Waals surface area contributed by atoms with E-state index in [4.69, 9.17) is 15.2 Å². The number of carbonyl (C=O) groups is 1. The van der Waals surface area contributed by atoms with Gasteiger partial charge < -0.3 is 25.5 Å². The first-order chi connectivity index (χ1) is 14.5. The van der Waals surface area contributed by atoms with Gasteiger partial charge >= 0.3 is 0 Å². The molecular formula is C21H18N6O3. The monoisotopic (exact) mass is 402 g/mol. The molecule has 0 bridgehead atoms. The standard InChI is InChI=1S/C21H18N6O3/c1-29-16-8-7-15(9-17(16)30-2)25-21-18(12-3-5-13(6-4-12)19(23)28)26-20-14(10-22)11-24-27(20)21/h3-9,11,25-26H,1-2H3,(H2,23,28). The van der Waals surface area contributed by atoms with E-state index >= 15 is 0 Å². The fraction of sp³-hybridized carbons (Fsp3) is 0.0952. The molecule has 2 aromatic heterocycles. The van der Waals surface area contributed by atoms with Crippen molar-refractivity contribution in [2.24, 2.45) is 5.73 Å². The number of carbonyl (C=O) groups excluding carboxylic acids is 1. The number of imidazole rings is 1. The van der Waals surface area contributed by atoms with Crippen LogP contribution in [-0.4, -0.2) is 34.7 Å². The summed E-state index contributed by atoms with van der Waals surface area (Å²) in [6.07, 6.45) is 1.49. The number of nitrogens with two attached hydrogens (primary N) is 1. The number of amides is 1. The van der Waals surface area contributed by atoms with Crippen molar-refractivity contribution in [3.8, 4) is 28.8 Å². The number of H-pyrrole nitrogens is 1. The van der Waals surface area contributed by atoms with Crippen LogP contribution < -0.4 is 20.5 Å². The molecule has 0 radical (unpaired) electrons. The molecule has 0 atom stereocenters. The van der Waals surface area contributed by atoms with Crippen LogP contribution in [0.3, 0.4) is 0 Å². The Bertz CT molecular complexity index is 1280. The molecule has 150 valence electrons. The molecule has 0 aliphatic rings. The van der Waals surface area contributed by atoms with Gasteiger partial charge in [0.1, 0.15) is 11.6 Å². The topological polar surface area (TPSA) is 130 Å². The molecule has 9 nitrogen and oxygen atoms in total. The second-order valence-electron chi connectivity index (χ2n) is 6.42. The fourth-order valence-corrected chi connectivity index (χ4v) is 3.18. The molecule has 0 saturated carbocycles. The van der Waals surface area contributed by atoms with Crippen molar-refractivity contribution in [1.29, 1.82) is 5.26 Å². The zero-order chi connectivity index (χ0) is 21.3. The van der Waals surface area contributed by atoms with E-state index in [1.54, 1.807) is 55.1 Å². The molecule has 0 unspecified atom stereocenters. The smallest absolute Gasteiger partial charge is 0.248 e. The molecule has 9 heteroatoms. The van der Waals surface area contributed by atoms with Crippen LogP contribution in [-0.2, 0) is 0 Å². The summed E-state index contributed by atoms with van der Waals surface area (Å²) >= 11 is 0. The van der Waals surface area contributed by atoms with E-state index in [-0.39, 0.29) is 0 Å². The van der Waals surface area contributed by atoms with E-state index in [9.17, 15) is 10.1 Å². The first kappa shape index (κ1) is 18.9. The molecule has 0 spiro atoms. The number of nitrogens with zero attached hydrogens (tertiary/aromatic N) is 3. The van der Waals surface area contributed by atoms with Gasteiger partial charge in [-0.2, -0.15) is 14.9 Å². The lowest BCUT2D eigenvalue weighted by molar-refractivity contribution is 0.100. The fourth-order valence-electron chi connectivity index (χ4n) is 3.18. The van der Waals surface area contributed by atoms with Crippen molar-refractivity contribution < 1.29 is 14.3 Å². The number of rotatable bonds is 6. The van der Waals surface area contributed by atoms with Crippen LogP contribution in [0.5, 0.6) is 11.5 Å². The number of aromatic nitrogens is 3. The highest BCUT2D eigenvalue weighted by atomic mass is 16.5. The number of ether oxygens (including phenoxy) is 2. The maximum Gasteiger partial charge on any atom is 0.248 e. The average molecular weight is 402 g/mol. The lowest BCUT2D eigenvalue weighted by Gasteiger charge is -2.12. The Morgan fingerprint density at radius 3 is 2.53 bits per heavy atom. The van der Waals surface area contributed by atoms with Gasteiger partial charge in [-0.1, -0.05) is 12.1 Å². The van der Waals surface area contributed by atoms with Gasteiger partial charge in [0.05, 0.1) is 26.1 Å². The summed E-state index contributed by atoms with van der Waals surface area (Å²) in [5.74, 6) is 1.29. The second-order valence-corrected chi connectivity index (χ2v) is 6.42. The van der Waals surface area contributed by atoms with Crippen molar-refractivity contribution in [2.45, 2.75) is 0 Å². The van der Waals surface area contributed by atoms with Gasteiger partial charge in [0.2, 0.25) is 5.91 Å². The summed E-state index contributed by atoms with van der Waals surface area (Å²) < 4.78 is 12.3.